The summed E-state index contributed by atoms with van der Waals surface area (Å²) >= 11 is 0. The van der Waals surface area contributed by atoms with Gasteiger partial charge in [0.15, 0.2) is 5.69 Å². The van der Waals surface area contributed by atoms with Crippen molar-refractivity contribution < 1.29 is 14.7 Å². The Balaban J connectivity index is 1.46. The number of carboxylic acid groups (broad SMARTS) is 1. The predicted octanol–water partition coefficient (Wildman–Crippen LogP) is 2.37. The van der Waals surface area contributed by atoms with Crippen molar-refractivity contribution >= 4 is 11.9 Å². The number of para-hydroxylation sites is 1. The Morgan fingerprint density at radius 3 is 2.67 bits per heavy atom. The molecule has 2 N–H and O–H groups in total. The molecule has 1 amide bonds. The van der Waals surface area contributed by atoms with E-state index in [1.807, 2.05) is 47.2 Å². The van der Waals surface area contributed by atoms with Crippen LogP contribution in [0.2, 0.25) is 0 Å². The quantitative estimate of drug-likeness (QED) is 0.817. The number of hydrogen-bond acceptors (Lipinski definition) is 3. The highest BCUT2D eigenvalue weighted by Gasteiger charge is 2.49. The van der Waals surface area contributed by atoms with Crippen LogP contribution < -0.4 is 5.32 Å². The molecule has 4 atom stereocenters. The van der Waals surface area contributed by atoms with Crippen molar-refractivity contribution in [1.29, 1.82) is 0 Å². The molecular weight excluding hydrogens is 342 g/mol. The van der Waals surface area contributed by atoms with Crippen molar-refractivity contribution in [2.75, 3.05) is 0 Å². The van der Waals surface area contributed by atoms with E-state index in [4.69, 9.17) is 0 Å². The summed E-state index contributed by atoms with van der Waals surface area (Å²) in [5.74, 6) is -1.51. The second-order valence-electron chi connectivity index (χ2n) is 7.69. The zero-order valence-electron chi connectivity index (χ0n) is 14.8. The third-order valence-corrected chi connectivity index (χ3v) is 6.19. The van der Waals surface area contributed by atoms with Gasteiger partial charge in [-0.25, -0.2) is 4.68 Å². The van der Waals surface area contributed by atoms with Crippen LogP contribution in [0.1, 0.15) is 34.6 Å². The molecule has 6 heteroatoms. The largest absolute Gasteiger partial charge is 0.481 e. The molecule has 2 bridgehead atoms. The van der Waals surface area contributed by atoms with E-state index in [1.165, 1.54) is 0 Å². The van der Waals surface area contributed by atoms with Crippen LogP contribution in [0.5, 0.6) is 0 Å². The van der Waals surface area contributed by atoms with E-state index in [1.54, 1.807) is 0 Å². The number of fused-ring (bicyclic) bond motifs is 3. The average Bonchev–Trinajstić information content (AvgIpc) is 3.42. The number of aromatic nitrogens is 2. The maximum absolute atomic E-state index is 13.0. The van der Waals surface area contributed by atoms with Crippen molar-refractivity contribution in [1.82, 2.24) is 15.1 Å². The molecule has 1 aromatic carbocycles. The molecule has 1 aromatic heterocycles. The van der Waals surface area contributed by atoms with Gasteiger partial charge in [0.05, 0.1) is 11.6 Å². The van der Waals surface area contributed by atoms with Crippen LogP contribution in [-0.4, -0.2) is 32.8 Å². The first-order valence-electron chi connectivity index (χ1n) is 9.51. The molecule has 5 rings (SSSR count). The highest BCUT2D eigenvalue weighted by atomic mass is 16.4. The Labute approximate surface area is 156 Å². The van der Waals surface area contributed by atoms with Gasteiger partial charge in [0, 0.05) is 17.3 Å². The molecule has 0 saturated heterocycles. The van der Waals surface area contributed by atoms with Crippen molar-refractivity contribution in [3.8, 4) is 5.69 Å². The van der Waals surface area contributed by atoms with E-state index in [0.717, 1.165) is 42.6 Å². The smallest absolute Gasteiger partial charge is 0.309 e. The number of aliphatic carboxylic acids is 1. The zero-order valence-corrected chi connectivity index (χ0v) is 14.8. The van der Waals surface area contributed by atoms with Gasteiger partial charge in [0.1, 0.15) is 0 Å². The van der Waals surface area contributed by atoms with Gasteiger partial charge >= 0.3 is 5.97 Å². The molecule has 0 radical (unpaired) electrons. The molecule has 3 aliphatic carbocycles. The molecule has 0 spiro atoms. The fourth-order valence-corrected chi connectivity index (χ4v) is 4.98. The summed E-state index contributed by atoms with van der Waals surface area (Å²) in [6.45, 7) is 0. The Bertz CT molecular complexity index is 947. The lowest BCUT2D eigenvalue weighted by atomic mass is 9.89. The number of nitrogens with one attached hydrogen (secondary N) is 1. The van der Waals surface area contributed by atoms with Crippen molar-refractivity contribution in [3.63, 3.8) is 0 Å². The summed E-state index contributed by atoms with van der Waals surface area (Å²) in [5, 5.41) is 17.2. The second kappa shape index (κ2) is 6.08. The van der Waals surface area contributed by atoms with Crippen LogP contribution in [0.3, 0.4) is 0 Å². The van der Waals surface area contributed by atoms with E-state index in [-0.39, 0.29) is 23.8 Å². The Morgan fingerprint density at radius 1 is 1.11 bits per heavy atom. The molecule has 0 aliphatic heterocycles. The van der Waals surface area contributed by atoms with Gasteiger partial charge in [-0.05, 0) is 49.7 Å². The van der Waals surface area contributed by atoms with Crippen molar-refractivity contribution in [2.45, 2.75) is 31.7 Å². The van der Waals surface area contributed by atoms with Crippen LogP contribution in [-0.2, 0) is 17.6 Å². The summed E-state index contributed by atoms with van der Waals surface area (Å²) in [6.07, 6.45) is 7.58. The Kier molecular flexibility index (Phi) is 3.67. The molecule has 2 aromatic rings. The first kappa shape index (κ1) is 16.3. The molecule has 1 saturated carbocycles. The van der Waals surface area contributed by atoms with Gasteiger partial charge < -0.3 is 10.4 Å². The van der Waals surface area contributed by atoms with Crippen LogP contribution in [0.25, 0.3) is 5.69 Å². The number of hydrogen-bond donors (Lipinski definition) is 2. The van der Waals surface area contributed by atoms with E-state index in [2.05, 4.69) is 10.4 Å². The van der Waals surface area contributed by atoms with Gasteiger partial charge in [-0.1, -0.05) is 30.4 Å². The minimum Gasteiger partial charge on any atom is -0.481 e. The Hall–Kier alpha value is -2.89. The summed E-state index contributed by atoms with van der Waals surface area (Å²) in [5.41, 5.74) is 3.49. The molecule has 0 unspecified atom stereocenters. The maximum Gasteiger partial charge on any atom is 0.309 e. The van der Waals surface area contributed by atoms with Crippen LogP contribution in [0, 0.1) is 17.8 Å². The molecule has 3 aliphatic rings. The summed E-state index contributed by atoms with van der Waals surface area (Å²) < 4.78 is 1.87. The number of benzene rings is 1. The van der Waals surface area contributed by atoms with E-state index < -0.39 is 11.9 Å². The third kappa shape index (κ3) is 2.51. The lowest BCUT2D eigenvalue weighted by Crippen LogP contribution is -2.46. The van der Waals surface area contributed by atoms with Crippen LogP contribution >= 0.6 is 0 Å². The molecular formula is C21H21N3O3. The normalized spacial score (nSPS) is 27.7. The molecule has 27 heavy (non-hydrogen) atoms. The van der Waals surface area contributed by atoms with Gasteiger partial charge in [-0.3, -0.25) is 9.59 Å². The topological polar surface area (TPSA) is 84.2 Å². The predicted molar refractivity (Wildman–Crippen MR) is 98.7 cm³/mol. The van der Waals surface area contributed by atoms with Gasteiger partial charge in [-0.2, -0.15) is 5.10 Å². The monoisotopic (exact) mass is 363 g/mol. The van der Waals surface area contributed by atoms with E-state index >= 15 is 0 Å². The minimum absolute atomic E-state index is 0.0189. The molecule has 1 heterocycles. The standard InChI is InChI=1S/C21H21N3O3/c25-20(22-18-13-10-9-12(11-13)17(18)21(26)27)19-15-7-4-8-16(15)24(23-19)14-5-2-1-3-6-14/h1-3,5-6,9-10,12-13,17-18H,4,7-8,11H2,(H,22,25)(H,26,27)/t12-,13+,17+,18-/m1/s1. The third-order valence-electron chi connectivity index (χ3n) is 6.19. The highest BCUT2D eigenvalue weighted by molar-refractivity contribution is 5.95. The van der Waals surface area contributed by atoms with Gasteiger partial charge in [-0.15, -0.1) is 0 Å². The SMILES string of the molecule is O=C(N[C@H]1[C@@H](C(=O)O)[C@@H]2C=C[C@H]1C2)c1nn(-c2ccccc2)c2c1CCC2. The Morgan fingerprint density at radius 2 is 1.89 bits per heavy atom. The first-order chi connectivity index (χ1) is 13.1. The lowest BCUT2D eigenvalue weighted by Gasteiger charge is -2.25. The number of allylic oxidation sites excluding steroid dienone is 1. The summed E-state index contributed by atoms with van der Waals surface area (Å²) in [6, 6.07) is 9.47. The van der Waals surface area contributed by atoms with Crippen molar-refractivity contribution in [2.24, 2.45) is 17.8 Å². The maximum atomic E-state index is 13.0. The average molecular weight is 363 g/mol. The van der Waals surface area contributed by atoms with Gasteiger partial charge in [0.2, 0.25) is 0 Å². The lowest BCUT2D eigenvalue weighted by molar-refractivity contribution is -0.143. The first-order valence-corrected chi connectivity index (χ1v) is 9.51. The number of carbonyl (C=O) groups excluding carboxylic acids is 1. The van der Waals surface area contributed by atoms with E-state index in [9.17, 15) is 14.7 Å². The van der Waals surface area contributed by atoms with Gasteiger partial charge in [0.25, 0.3) is 5.91 Å². The molecule has 138 valence electrons. The number of carboxylic acids is 1. The highest BCUT2D eigenvalue weighted by Crippen LogP contribution is 2.44. The minimum atomic E-state index is -0.836. The number of amides is 1. The van der Waals surface area contributed by atoms with Crippen LogP contribution in [0.4, 0.5) is 0 Å². The fraction of sp³-hybridized carbons (Fsp3) is 0.381. The summed E-state index contributed by atoms with van der Waals surface area (Å²) in [7, 11) is 0. The fourth-order valence-electron chi connectivity index (χ4n) is 4.98. The molecule has 6 nitrogen and oxygen atoms in total. The number of nitrogens with zero attached hydrogens (tertiary/aromatic N) is 2. The summed E-state index contributed by atoms with van der Waals surface area (Å²) in [4.78, 5) is 24.7. The number of carbonyl (C=O) groups is 2. The van der Waals surface area contributed by atoms with Crippen LogP contribution in [0.15, 0.2) is 42.5 Å². The number of rotatable bonds is 4. The second-order valence-corrected chi connectivity index (χ2v) is 7.69. The zero-order chi connectivity index (χ0) is 18.5. The van der Waals surface area contributed by atoms with Crippen molar-refractivity contribution in [3.05, 3.63) is 59.4 Å². The molecule has 1 fully saturated rings. The van der Waals surface area contributed by atoms with E-state index in [0.29, 0.717) is 5.69 Å².